The summed E-state index contributed by atoms with van der Waals surface area (Å²) < 4.78 is 54.3. The molecule has 0 fully saturated rings. The van der Waals surface area contributed by atoms with Crippen molar-refractivity contribution in [1.82, 2.24) is 10.3 Å². The molecule has 2 rings (SSSR count). The van der Waals surface area contributed by atoms with Gasteiger partial charge in [0.15, 0.2) is 0 Å². The van der Waals surface area contributed by atoms with Gasteiger partial charge in [-0.1, -0.05) is 0 Å². The van der Waals surface area contributed by atoms with Gasteiger partial charge in [0.25, 0.3) is 5.92 Å². The van der Waals surface area contributed by atoms with E-state index in [1.165, 1.54) is 25.4 Å². The number of nitrogens with zero attached hydrogens (tertiary/aromatic N) is 1. The normalized spacial score (nSPS) is 12.1. The standard InChI is InChI=1S/C17H14F4N2O/c1-11(8-12-4-6-22-7-5-12)16(24)23-10-17(20,21)14-3-2-13(18)9-15(14)19/h2-9H,10H2,1H3,(H,23,24)/b11-8+. The van der Waals surface area contributed by atoms with Crippen molar-refractivity contribution in [1.29, 1.82) is 0 Å². The first-order chi connectivity index (χ1) is 11.3. The number of hydrogen-bond acceptors (Lipinski definition) is 2. The molecule has 3 nitrogen and oxygen atoms in total. The van der Waals surface area contributed by atoms with Crippen LogP contribution < -0.4 is 5.32 Å². The van der Waals surface area contributed by atoms with E-state index >= 15 is 0 Å². The molecule has 1 aromatic heterocycles. The molecule has 0 atom stereocenters. The summed E-state index contributed by atoms with van der Waals surface area (Å²) in [5.41, 5.74) is -0.0782. The van der Waals surface area contributed by atoms with Crippen molar-refractivity contribution in [3.8, 4) is 0 Å². The molecular weight excluding hydrogens is 324 g/mol. The van der Waals surface area contributed by atoms with Crippen LogP contribution in [0, 0.1) is 11.6 Å². The van der Waals surface area contributed by atoms with Gasteiger partial charge in [-0.3, -0.25) is 9.78 Å². The van der Waals surface area contributed by atoms with Crippen molar-refractivity contribution in [3.63, 3.8) is 0 Å². The Kier molecular flexibility index (Phi) is 5.33. The maximum Gasteiger partial charge on any atom is 0.292 e. The number of halogens is 4. The molecule has 1 heterocycles. The van der Waals surface area contributed by atoms with Gasteiger partial charge in [0.1, 0.15) is 11.6 Å². The first kappa shape index (κ1) is 17.7. The summed E-state index contributed by atoms with van der Waals surface area (Å²) in [7, 11) is 0. The predicted octanol–water partition coefficient (Wildman–Crippen LogP) is 3.67. The van der Waals surface area contributed by atoms with Gasteiger partial charge < -0.3 is 5.32 Å². The minimum atomic E-state index is -3.66. The molecule has 1 amide bonds. The largest absolute Gasteiger partial charge is 0.346 e. The Balaban J connectivity index is 2.06. The summed E-state index contributed by atoms with van der Waals surface area (Å²) in [5.74, 6) is -6.69. The fraction of sp³-hybridized carbons (Fsp3) is 0.176. The highest BCUT2D eigenvalue weighted by Crippen LogP contribution is 2.29. The summed E-state index contributed by atoms with van der Waals surface area (Å²) in [6, 6.07) is 5.08. The van der Waals surface area contributed by atoms with E-state index in [9.17, 15) is 22.4 Å². The second-order valence-corrected chi connectivity index (χ2v) is 5.12. The number of carbonyl (C=O) groups excluding carboxylic acids is 1. The van der Waals surface area contributed by atoms with E-state index in [0.717, 1.165) is 6.07 Å². The number of nitrogens with one attached hydrogen (secondary N) is 1. The number of amides is 1. The smallest absolute Gasteiger partial charge is 0.292 e. The summed E-state index contributed by atoms with van der Waals surface area (Å²) in [5, 5.41) is 2.05. The van der Waals surface area contributed by atoms with Crippen molar-refractivity contribution >= 4 is 12.0 Å². The molecule has 0 aliphatic heterocycles. The van der Waals surface area contributed by atoms with Gasteiger partial charge in [0, 0.05) is 24.0 Å². The first-order valence-corrected chi connectivity index (χ1v) is 6.99. The molecule has 126 valence electrons. The third kappa shape index (κ3) is 4.41. The minimum Gasteiger partial charge on any atom is -0.346 e. The summed E-state index contributed by atoms with van der Waals surface area (Å²) in [6.45, 7) is 0.363. The molecule has 0 aliphatic rings. The lowest BCUT2D eigenvalue weighted by Gasteiger charge is -2.18. The topological polar surface area (TPSA) is 42.0 Å². The Morgan fingerprint density at radius 1 is 1.21 bits per heavy atom. The molecule has 0 bridgehead atoms. The number of benzene rings is 1. The summed E-state index contributed by atoms with van der Waals surface area (Å²) in [4.78, 5) is 15.7. The number of alkyl halides is 2. The van der Waals surface area contributed by atoms with E-state index in [2.05, 4.69) is 10.3 Å². The van der Waals surface area contributed by atoms with E-state index in [1.807, 2.05) is 0 Å². The molecule has 0 saturated heterocycles. The van der Waals surface area contributed by atoms with Crippen LogP contribution in [0.2, 0.25) is 0 Å². The van der Waals surface area contributed by atoms with Gasteiger partial charge in [0.05, 0.1) is 12.1 Å². The van der Waals surface area contributed by atoms with E-state index in [1.54, 1.807) is 12.1 Å². The van der Waals surface area contributed by atoms with Crippen LogP contribution in [0.1, 0.15) is 18.1 Å². The Morgan fingerprint density at radius 2 is 1.88 bits per heavy atom. The lowest BCUT2D eigenvalue weighted by molar-refractivity contribution is -0.119. The molecule has 7 heteroatoms. The molecule has 1 N–H and O–H groups in total. The van der Waals surface area contributed by atoms with E-state index in [4.69, 9.17) is 0 Å². The van der Waals surface area contributed by atoms with Crippen LogP contribution in [-0.2, 0) is 10.7 Å². The van der Waals surface area contributed by atoms with Crippen LogP contribution >= 0.6 is 0 Å². The Morgan fingerprint density at radius 3 is 2.50 bits per heavy atom. The maximum atomic E-state index is 14.0. The fourth-order valence-electron chi connectivity index (χ4n) is 1.99. The zero-order valence-electron chi connectivity index (χ0n) is 12.7. The van der Waals surface area contributed by atoms with Crippen molar-refractivity contribution in [2.75, 3.05) is 6.54 Å². The van der Waals surface area contributed by atoms with E-state index < -0.39 is 35.6 Å². The monoisotopic (exact) mass is 338 g/mol. The Hall–Kier alpha value is -2.70. The minimum absolute atomic E-state index is 0.205. The van der Waals surface area contributed by atoms with Gasteiger partial charge in [-0.15, -0.1) is 0 Å². The zero-order chi connectivity index (χ0) is 17.7. The number of hydrogen-bond donors (Lipinski definition) is 1. The molecule has 2 aromatic rings. The highest BCUT2D eigenvalue weighted by Gasteiger charge is 2.35. The highest BCUT2D eigenvalue weighted by atomic mass is 19.3. The maximum absolute atomic E-state index is 14.0. The lowest BCUT2D eigenvalue weighted by atomic mass is 10.1. The summed E-state index contributed by atoms with van der Waals surface area (Å²) >= 11 is 0. The molecular formula is C17H14F4N2O. The lowest BCUT2D eigenvalue weighted by Crippen LogP contribution is -2.35. The quantitative estimate of drug-likeness (QED) is 0.668. The Labute approximate surface area is 136 Å². The van der Waals surface area contributed by atoms with Gasteiger partial charge in [-0.05, 0) is 42.8 Å². The molecule has 1 aromatic carbocycles. The van der Waals surface area contributed by atoms with Gasteiger partial charge in [-0.25, -0.2) is 8.78 Å². The van der Waals surface area contributed by atoms with Crippen molar-refractivity contribution < 1.29 is 22.4 Å². The molecule has 24 heavy (non-hydrogen) atoms. The molecule has 0 aliphatic carbocycles. The number of carbonyl (C=O) groups is 1. The summed E-state index contributed by atoms with van der Waals surface area (Å²) in [6.07, 6.45) is 4.57. The van der Waals surface area contributed by atoms with Crippen LogP contribution in [0.4, 0.5) is 17.6 Å². The van der Waals surface area contributed by atoms with Gasteiger partial charge in [-0.2, -0.15) is 8.78 Å². The molecule has 0 spiro atoms. The molecule has 0 unspecified atom stereocenters. The van der Waals surface area contributed by atoms with Crippen molar-refractivity contribution in [2.24, 2.45) is 0 Å². The highest BCUT2D eigenvalue weighted by molar-refractivity contribution is 5.97. The average Bonchev–Trinajstić information content (AvgIpc) is 2.53. The number of rotatable bonds is 5. The van der Waals surface area contributed by atoms with Crippen LogP contribution in [0.15, 0.2) is 48.3 Å². The van der Waals surface area contributed by atoms with Crippen molar-refractivity contribution in [3.05, 3.63) is 71.1 Å². The first-order valence-electron chi connectivity index (χ1n) is 6.99. The second-order valence-electron chi connectivity index (χ2n) is 5.12. The SMILES string of the molecule is C/C(=C\c1ccncc1)C(=O)NCC(F)(F)c1ccc(F)cc1F. The van der Waals surface area contributed by atoms with Gasteiger partial charge in [0.2, 0.25) is 5.91 Å². The predicted molar refractivity (Wildman–Crippen MR) is 81.1 cm³/mol. The Bertz CT molecular complexity index is 760. The van der Waals surface area contributed by atoms with Crippen LogP contribution in [-0.4, -0.2) is 17.4 Å². The third-order valence-corrected chi connectivity index (χ3v) is 3.24. The van der Waals surface area contributed by atoms with E-state index in [-0.39, 0.29) is 5.57 Å². The van der Waals surface area contributed by atoms with Crippen LogP contribution in [0.25, 0.3) is 6.08 Å². The number of aromatic nitrogens is 1. The van der Waals surface area contributed by atoms with Crippen molar-refractivity contribution in [2.45, 2.75) is 12.8 Å². The molecule has 0 radical (unpaired) electrons. The van der Waals surface area contributed by atoms with Crippen LogP contribution in [0.5, 0.6) is 0 Å². The number of pyridine rings is 1. The average molecular weight is 338 g/mol. The third-order valence-electron chi connectivity index (χ3n) is 3.24. The second kappa shape index (κ2) is 7.25. The van der Waals surface area contributed by atoms with Crippen LogP contribution in [0.3, 0.4) is 0 Å². The van der Waals surface area contributed by atoms with E-state index in [0.29, 0.717) is 17.7 Å². The van der Waals surface area contributed by atoms with Gasteiger partial charge >= 0.3 is 0 Å². The fourth-order valence-corrected chi connectivity index (χ4v) is 1.99. The molecule has 0 saturated carbocycles. The zero-order valence-corrected chi connectivity index (χ0v) is 12.7.